The van der Waals surface area contributed by atoms with Gasteiger partial charge in [-0.05, 0) is 26.5 Å². The van der Waals surface area contributed by atoms with Crippen molar-refractivity contribution >= 4 is 0 Å². The Hall–Kier alpha value is -1.74. The van der Waals surface area contributed by atoms with E-state index in [1.54, 1.807) is 0 Å². The summed E-state index contributed by atoms with van der Waals surface area (Å²) in [5.74, 6) is 0. The number of nitrogens with one attached hydrogen (secondary N) is 1. The molecule has 0 amide bonds. The van der Waals surface area contributed by atoms with Crippen LogP contribution in [-0.4, -0.2) is 17.0 Å². The van der Waals surface area contributed by atoms with Crippen LogP contribution >= 0.6 is 0 Å². The van der Waals surface area contributed by atoms with Crippen molar-refractivity contribution in [2.75, 3.05) is 7.05 Å². The van der Waals surface area contributed by atoms with Gasteiger partial charge in [-0.3, -0.25) is 9.97 Å². The number of nitrogens with zero attached hydrogens (tertiary/aromatic N) is 2. The molecule has 0 bridgehead atoms. The fourth-order valence-electron chi connectivity index (χ4n) is 2.05. The van der Waals surface area contributed by atoms with Crippen molar-refractivity contribution in [2.24, 2.45) is 0 Å². The van der Waals surface area contributed by atoms with Crippen LogP contribution < -0.4 is 5.32 Å². The van der Waals surface area contributed by atoms with E-state index in [2.05, 4.69) is 39.6 Å². The molecule has 1 aromatic carbocycles. The van der Waals surface area contributed by atoms with Crippen molar-refractivity contribution < 1.29 is 0 Å². The minimum atomic E-state index is 0.279. The van der Waals surface area contributed by atoms with Gasteiger partial charge in [0.05, 0.1) is 17.1 Å². The van der Waals surface area contributed by atoms with E-state index in [0.717, 1.165) is 23.5 Å². The maximum absolute atomic E-state index is 4.58. The number of aromatic nitrogens is 2. The summed E-state index contributed by atoms with van der Waals surface area (Å²) in [6.45, 7) is 3.99. The minimum Gasteiger partial charge on any atom is -0.313 e. The molecular formula is C15H19N3. The number of rotatable bonds is 4. The molecular weight excluding hydrogens is 222 g/mol. The summed E-state index contributed by atoms with van der Waals surface area (Å²) < 4.78 is 0. The summed E-state index contributed by atoms with van der Waals surface area (Å²) in [6, 6.07) is 10.7. The topological polar surface area (TPSA) is 37.8 Å². The molecule has 3 heteroatoms. The molecule has 2 aromatic rings. The van der Waals surface area contributed by atoms with Crippen molar-refractivity contribution in [1.29, 1.82) is 0 Å². The highest BCUT2D eigenvalue weighted by atomic mass is 14.9. The Kier molecular flexibility index (Phi) is 4.05. The second-order valence-electron chi connectivity index (χ2n) is 4.50. The molecule has 1 atom stereocenters. The van der Waals surface area contributed by atoms with Crippen molar-refractivity contribution in [3.63, 3.8) is 0 Å². The minimum absolute atomic E-state index is 0.279. The summed E-state index contributed by atoms with van der Waals surface area (Å²) in [7, 11) is 1.98. The number of likely N-dealkylation sites (N-methyl/N-ethyl adjacent to an activating group) is 1. The van der Waals surface area contributed by atoms with Gasteiger partial charge in [0, 0.05) is 18.7 Å². The zero-order valence-electron chi connectivity index (χ0n) is 11.1. The first-order valence-corrected chi connectivity index (χ1v) is 6.22. The van der Waals surface area contributed by atoms with E-state index >= 15 is 0 Å². The van der Waals surface area contributed by atoms with Crippen LogP contribution in [0, 0.1) is 13.8 Å². The maximum Gasteiger partial charge on any atom is 0.0638 e. The second kappa shape index (κ2) is 5.74. The van der Waals surface area contributed by atoms with E-state index in [0.29, 0.717) is 0 Å². The number of benzene rings is 1. The summed E-state index contributed by atoms with van der Waals surface area (Å²) in [6.07, 6.45) is 2.68. The fraction of sp³-hybridized carbons (Fsp3) is 0.333. The Morgan fingerprint density at radius 2 is 1.89 bits per heavy atom. The summed E-state index contributed by atoms with van der Waals surface area (Å²) in [5.41, 5.74) is 4.33. The van der Waals surface area contributed by atoms with Crippen LogP contribution in [0.15, 0.2) is 36.5 Å². The first kappa shape index (κ1) is 12.7. The Bertz CT molecular complexity index is 508. The van der Waals surface area contributed by atoms with Gasteiger partial charge in [-0.1, -0.05) is 30.3 Å². The molecule has 1 N–H and O–H groups in total. The van der Waals surface area contributed by atoms with Crippen molar-refractivity contribution in [3.8, 4) is 0 Å². The molecule has 94 valence electrons. The number of aryl methyl sites for hydroxylation is 2. The molecule has 1 unspecified atom stereocenters. The monoisotopic (exact) mass is 241 g/mol. The average molecular weight is 241 g/mol. The summed E-state index contributed by atoms with van der Waals surface area (Å²) >= 11 is 0. The average Bonchev–Trinajstić information content (AvgIpc) is 2.41. The normalized spacial score (nSPS) is 12.4. The van der Waals surface area contributed by atoms with Crippen LogP contribution in [0.1, 0.15) is 28.7 Å². The quantitative estimate of drug-likeness (QED) is 0.894. The third-order valence-electron chi connectivity index (χ3n) is 3.12. The molecule has 1 heterocycles. The molecule has 0 fully saturated rings. The van der Waals surface area contributed by atoms with E-state index in [-0.39, 0.29) is 6.04 Å². The van der Waals surface area contributed by atoms with Gasteiger partial charge in [0.25, 0.3) is 0 Å². The molecule has 0 aliphatic rings. The summed E-state index contributed by atoms with van der Waals surface area (Å²) in [5, 5.41) is 3.35. The van der Waals surface area contributed by atoms with E-state index < -0.39 is 0 Å². The first-order chi connectivity index (χ1) is 8.70. The highest BCUT2D eigenvalue weighted by Gasteiger charge is 2.12. The van der Waals surface area contributed by atoms with Crippen LogP contribution in [0.3, 0.4) is 0 Å². The standard InChI is InChI=1S/C15H19N3/c1-11-10-17-12(2)14(18-11)9-15(16-3)13-7-5-4-6-8-13/h4-8,10,15-16H,9H2,1-3H3. The Morgan fingerprint density at radius 1 is 1.17 bits per heavy atom. The largest absolute Gasteiger partial charge is 0.313 e. The van der Waals surface area contributed by atoms with Gasteiger partial charge in [0.1, 0.15) is 0 Å². The lowest BCUT2D eigenvalue weighted by molar-refractivity contribution is 0.580. The molecule has 0 aliphatic heterocycles. The molecule has 0 saturated heterocycles. The van der Waals surface area contributed by atoms with Gasteiger partial charge in [-0.15, -0.1) is 0 Å². The zero-order valence-corrected chi connectivity index (χ0v) is 11.1. The van der Waals surface area contributed by atoms with E-state index in [4.69, 9.17) is 0 Å². The molecule has 0 radical (unpaired) electrons. The van der Waals surface area contributed by atoms with E-state index in [1.807, 2.05) is 33.2 Å². The molecule has 0 aliphatic carbocycles. The van der Waals surface area contributed by atoms with E-state index in [9.17, 15) is 0 Å². The van der Waals surface area contributed by atoms with Crippen molar-refractivity contribution in [2.45, 2.75) is 26.3 Å². The van der Waals surface area contributed by atoms with Gasteiger partial charge < -0.3 is 5.32 Å². The van der Waals surface area contributed by atoms with Crippen molar-refractivity contribution in [1.82, 2.24) is 15.3 Å². The van der Waals surface area contributed by atoms with Crippen LogP contribution in [-0.2, 0) is 6.42 Å². The molecule has 2 rings (SSSR count). The van der Waals surface area contributed by atoms with Gasteiger partial charge in [-0.2, -0.15) is 0 Å². The van der Waals surface area contributed by atoms with Gasteiger partial charge in [0.2, 0.25) is 0 Å². The lowest BCUT2D eigenvalue weighted by Crippen LogP contribution is -2.20. The summed E-state index contributed by atoms with van der Waals surface area (Å²) in [4.78, 5) is 8.95. The van der Waals surface area contributed by atoms with Crippen LogP contribution in [0.2, 0.25) is 0 Å². The third-order valence-corrected chi connectivity index (χ3v) is 3.12. The predicted molar refractivity (Wildman–Crippen MR) is 73.5 cm³/mol. The Morgan fingerprint density at radius 3 is 2.56 bits per heavy atom. The predicted octanol–water partition coefficient (Wildman–Crippen LogP) is 2.60. The lowest BCUT2D eigenvalue weighted by Gasteiger charge is -2.17. The Balaban J connectivity index is 2.23. The molecule has 1 aromatic heterocycles. The van der Waals surface area contributed by atoms with Gasteiger partial charge in [-0.25, -0.2) is 0 Å². The maximum atomic E-state index is 4.58. The SMILES string of the molecule is CNC(Cc1nc(C)cnc1C)c1ccccc1. The Labute approximate surface area is 108 Å². The van der Waals surface area contributed by atoms with Crippen LogP contribution in [0.4, 0.5) is 0 Å². The molecule has 3 nitrogen and oxygen atoms in total. The second-order valence-corrected chi connectivity index (χ2v) is 4.50. The van der Waals surface area contributed by atoms with Crippen LogP contribution in [0.5, 0.6) is 0 Å². The molecule has 0 saturated carbocycles. The number of hydrogen-bond donors (Lipinski definition) is 1. The highest BCUT2D eigenvalue weighted by molar-refractivity contribution is 5.22. The van der Waals surface area contributed by atoms with Gasteiger partial charge in [0.15, 0.2) is 0 Å². The zero-order chi connectivity index (χ0) is 13.0. The van der Waals surface area contributed by atoms with E-state index in [1.165, 1.54) is 5.56 Å². The first-order valence-electron chi connectivity index (χ1n) is 6.22. The molecule has 18 heavy (non-hydrogen) atoms. The molecule has 0 spiro atoms. The third kappa shape index (κ3) is 2.93. The highest BCUT2D eigenvalue weighted by Crippen LogP contribution is 2.18. The van der Waals surface area contributed by atoms with Gasteiger partial charge >= 0.3 is 0 Å². The smallest absolute Gasteiger partial charge is 0.0638 e. The van der Waals surface area contributed by atoms with Crippen LogP contribution in [0.25, 0.3) is 0 Å². The lowest BCUT2D eigenvalue weighted by atomic mass is 10.0. The number of hydrogen-bond acceptors (Lipinski definition) is 3. The fourth-order valence-corrected chi connectivity index (χ4v) is 2.05. The van der Waals surface area contributed by atoms with Crippen molar-refractivity contribution in [3.05, 3.63) is 59.2 Å².